The third-order valence-electron chi connectivity index (χ3n) is 7.81. The first-order valence-electron chi connectivity index (χ1n) is 11.5. The Morgan fingerprint density at radius 1 is 0.969 bits per heavy atom. The Kier molecular flexibility index (Phi) is 6.69. The predicted octanol–water partition coefficient (Wildman–Crippen LogP) is 8.18. The van der Waals surface area contributed by atoms with Crippen LogP contribution in [0.4, 0.5) is 0 Å². The van der Waals surface area contributed by atoms with Crippen molar-refractivity contribution in [1.82, 2.24) is 0 Å². The van der Waals surface area contributed by atoms with Crippen molar-refractivity contribution in [2.75, 3.05) is 6.61 Å². The molecule has 1 aromatic carbocycles. The van der Waals surface area contributed by atoms with Gasteiger partial charge < -0.3 is 8.85 Å². The number of carbonyl (C=O) groups is 1. The molecule has 176 valence electrons. The highest BCUT2D eigenvalue weighted by Crippen LogP contribution is 2.48. The number of ketones is 1. The normalized spacial score (nSPS) is 17.8. The highest BCUT2D eigenvalue weighted by molar-refractivity contribution is 6.74. The van der Waals surface area contributed by atoms with Gasteiger partial charge in [-0.15, -0.1) is 0 Å². The third kappa shape index (κ3) is 4.78. The molecule has 0 bridgehead atoms. The Bertz CT molecular complexity index is 992. The summed E-state index contributed by atoms with van der Waals surface area (Å²) in [5.74, 6) is 0.147. The average molecular weight is 491 g/mol. The van der Waals surface area contributed by atoms with E-state index in [1.165, 1.54) is 0 Å². The van der Waals surface area contributed by atoms with Crippen molar-refractivity contribution in [3.63, 3.8) is 0 Å². The molecule has 2 aliphatic carbocycles. The van der Waals surface area contributed by atoms with Gasteiger partial charge in [-0.2, -0.15) is 0 Å². The minimum absolute atomic E-state index is 0.0700. The molecule has 0 aliphatic heterocycles. The van der Waals surface area contributed by atoms with Gasteiger partial charge >= 0.3 is 0 Å². The van der Waals surface area contributed by atoms with Crippen molar-refractivity contribution in [3.05, 3.63) is 45.5 Å². The second-order valence-electron chi connectivity index (χ2n) is 12.2. The van der Waals surface area contributed by atoms with Gasteiger partial charge in [0.25, 0.3) is 0 Å². The van der Waals surface area contributed by atoms with Crippen molar-refractivity contribution >= 4 is 45.7 Å². The van der Waals surface area contributed by atoms with E-state index in [1.807, 2.05) is 0 Å². The van der Waals surface area contributed by atoms with Crippen LogP contribution in [0.1, 0.15) is 70.8 Å². The lowest BCUT2D eigenvalue weighted by Gasteiger charge is -2.42. The molecule has 0 fully saturated rings. The van der Waals surface area contributed by atoms with Gasteiger partial charge in [0.15, 0.2) is 22.4 Å². The van der Waals surface area contributed by atoms with Crippen molar-refractivity contribution in [1.29, 1.82) is 0 Å². The van der Waals surface area contributed by atoms with Crippen LogP contribution in [-0.4, -0.2) is 29.0 Å². The molecule has 0 amide bonds. The second-order valence-corrected chi connectivity index (χ2v) is 22.2. The zero-order valence-corrected chi connectivity index (χ0v) is 24.2. The highest BCUT2D eigenvalue weighted by Gasteiger charge is 2.42. The molecular weight excluding hydrogens is 452 g/mol. The quantitative estimate of drug-likeness (QED) is 0.377. The van der Waals surface area contributed by atoms with Crippen molar-refractivity contribution in [2.24, 2.45) is 0 Å². The summed E-state index contributed by atoms with van der Waals surface area (Å²) in [5, 5.41) is 0.877. The van der Waals surface area contributed by atoms with Gasteiger partial charge in [0, 0.05) is 17.5 Å². The number of halogens is 1. The van der Waals surface area contributed by atoms with Gasteiger partial charge in [-0.1, -0.05) is 71.4 Å². The molecule has 0 heterocycles. The summed E-state index contributed by atoms with van der Waals surface area (Å²) in [4.78, 5) is 12.0. The van der Waals surface area contributed by atoms with Crippen molar-refractivity contribution in [2.45, 2.75) is 90.3 Å². The monoisotopic (exact) mass is 490 g/mol. The van der Waals surface area contributed by atoms with E-state index in [9.17, 15) is 4.79 Å². The maximum absolute atomic E-state index is 12.0. The molecule has 3 nitrogen and oxygen atoms in total. The molecule has 0 saturated heterocycles. The fourth-order valence-corrected chi connectivity index (χ4v) is 6.26. The van der Waals surface area contributed by atoms with Gasteiger partial charge in [-0.3, -0.25) is 4.79 Å². The van der Waals surface area contributed by atoms with Crippen LogP contribution < -0.4 is 0 Å². The zero-order chi connectivity index (χ0) is 24.3. The molecule has 1 aromatic rings. The van der Waals surface area contributed by atoms with Crippen molar-refractivity contribution < 1.29 is 13.6 Å². The maximum atomic E-state index is 12.0. The summed E-state index contributed by atoms with van der Waals surface area (Å²) in [6.07, 6.45) is 4.05. The van der Waals surface area contributed by atoms with Crippen LogP contribution in [0.25, 0.3) is 11.6 Å². The first kappa shape index (κ1) is 25.6. The molecule has 0 spiro atoms. The summed E-state index contributed by atoms with van der Waals surface area (Å²) in [6, 6.07) is 4.20. The maximum Gasteiger partial charge on any atom is 0.193 e. The van der Waals surface area contributed by atoms with Crippen LogP contribution in [-0.2, 0) is 13.6 Å². The third-order valence-corrected chi connectivity index (χ3v) is 17.2. The van der Waals surface area contributed by atoms with Gasteiger partial charge in [0.05, 0.1) is 17.7 Å². The van der Waals surface area contributed by atoms with E-state index in [1.54, 1.807) is 6.08 Å². The first-order chi connectivity index (χ1) is 14.4. The van der Waals surface area contributed by atoms with Gasteiger partial charge in [-0.25, -0.2) is 0 Å². The lowest BCUT2D eigenvalue weighted by atomic mass is 9.99. The number of benzene rings is 1. The Labute approximate surface area is 201 Å². The van der Waals surface area contributed by atoms with Crippen molar-refractivity contribution in [3.8, 4) is 0 Å². The molecule has 3 rings (SSSR count). The first-order valence-corrected chi connectivity index (χ1v) is 17.7. The Morgan fingerprint density at radius 3 is 2.12 bits per heavy atom. The minimum atomic E-state index is -2.08. The van der Waals surface area contributed by atoms with E-state index in [0.717, 1.165) is 27.8 Å². The molecule has 0 aromatic heterocycles. The molecule has 2 aliphatic rings. The number of carbonyl (C=O) groups excluding carboxylic acids is 1. The van der Waals surface area contributed by atoms with E-state index in [-0.39, 0.29) is 22.0 Å². The summed E-state index contributed by atoms with van der Waals surface area (Å²) in [5.41, 5.74) is 5.07. The molecule has 6 heteroatoms. The van der Waals surface area contributed by atoms with Gasteiger partial charge in [-0.05, 0) is 59.1 Å². The smallest absolute Gasteiger partial charge is 0.193 e. The Balaban J connectivity index is 2.01. The molecule has 0 unspecified atom stereocenters. The van der Waals surface area contributed by atoms with Crippen LogP contribution in [0.5, 0.6) is 0 Å². The molecule has 1 atom stereocenters. The molecule has 32 heavy (non-hydrogen) atoms. The zero-order valence-electron chi connectivity index (χ0n) is 21.4. The Morgan fingerprint density at radius 2 is 1.56 bits per heavy atom. The predicted molar refractivity (Wildman–Crippen MR) is 141 cm³/mol. The van der Waals surface area contributed by atoms with Gasteiger partial charge in [0.2, 0.25) is 0 Å². The van der Waals surface area contributed by atoms with E-state index in [4.69, 9.17) is 20.5 Å². The second kappa shape index (κ2) is 8.35. The Hall–Kier alpha value is -0.986. The fourth-order valence-electron chi connectivity index (χ4n) is 3.61. The minimum Gasteiger partial charge on any atom is -0.414 e. The summed E-state index contributed by atoms with van der Waals surface area (Å²) >= 11 is 7.05. The number of hydrogen-bond donors (Lipinski definition) is 0. The lowest BCUT2D eigenvalue weighted by Crippen LogP contribution is -2.45. The van der Waals surface area contributed by atoms with Crippen LogP contribution >= 0.6 is 11.6 Å². The number of allylic oxidation sites excluding steroid dienone is 3. The SMILES string of the molecule is CC(C)(C)[Si](C)(C)OC[C@H](O[Si](C)(C)C(C)(C)C)c1ccc2c(c1Cl)C1=CC(=O)CC1=C2. The number of fused-ring (bicyclic) bond motifs is 3. The molecular formula is C26H39ClO3Si2. The average Bonchev–Trinajstić information content (AvgIpc) is 3.12. The number of rotatable bonds is 6. The lowest BCUT2D eigenvalue weighted by molar-refractivity contribution is -0.113. The standard InChI is InChI=1S/C26H39ClO3Si2/c1-25(2,3)31(7,8)29-16-22(30-32(9,10)26(4,5)6)20-12-11-17-13-18-14-19(28)15-21(18)23(17)24(20)27/h11-13,15,22H,14,16H2,1-10H3/t22-/m0/s1. The fraction of sp³-hybridized carbons (Fsp3) is 0.577. The van der Waals surface area contributed by atoms with Crippen LogP contribution in [0.15, 0.2) is 23.8 Å². The van der Waals surface area contributed by atoms with E-state index in [0.29, 0.717) is 18.1 Å². The van der Waals surface area contributed by atoms with E-state index >= 15 is 0 Å². The number of hydrogen-bond acceptors (Lipinski definition) is 3. The molecule has 0 radical (unpaired) electrons. The largest absolute Gasteiger partial charge is 0.414 e. The van der Waals surface area contributed by atoms with E-state index in [2.05, 4.69) is 85.9 Å². The molecule has 0 N–H and O–H groups in total. The topological polar surface area (TPSA) is 35.5 Å². The van der Waals surface area contributed by atoms with Gasteiger partial charge in [0.1, 0.15) is 0 Å². The summed E-state index contributed by atoms with van der Waals surface area (Å²) in [6.45, 7) is 23.1. The van der Waals surface area contributed by atoms with Crippen LogP contribution in [0, 0.1) is 0 Å². The highest BCUT2D eigenvalue weighted by atomic mass is 35.5. The van der Waals surface area contributed by atoms with E-state index < -0.39 is 16.6 Å². The molecule has 0 saturated carbocycles. The van der Waals surface area contributed by atoms with Crippen LogP contribution in [0.3, 0.4) is 0 Å². The summed E-state index contributed by atoms with van der Waals surface area (Å²) in [7, 11) is -4.05. The van der Waals surface area contributed by atoms with Crippen LogP contribution in [0.2, 0.25) is 41.3 Å². The summed E-state index contributed by atoms with van der Waals surface area (Å²) < 4.78 is 13.6.